The highest BCUT2D eigenvalue weighted by Crippen LogP contribution is 2.29. The molecule has 1 fully saturated rings. The van der Waals surface area contributed by atoms with E-state index in [9.17, 15) is 9.59 Å². The van der Waals surface area contributed by atoms with Gasteiger partial charge in [-0.3, -0.25) is 9.59 Å². The molecule has 1 N–H and O–H groups in total. The maximum Gasteiger partial charge on any atom is 0.253 e. The number of nitrogens with one attached hydrogen (secondary N) is 1. The second-order valence-electron chi connectivity index (χ2n) is 8.23. The fraction of sp³-hybridized carbons (Fsp3) is 0.483. The van der Waals surface area contributed by atoms with Crippen LogP contribution in [0.4, 0.5) is 0 Å². The van der Waals surface area contributed by atoms with Crippen molar-refractivity contribution in [2.45, 2.75) is 73.3 Å². The van der Waals surface area contributed by atoms with Crippen molar-refractivity contribution >= 4 is 12.3 Å². The number of allylic oxidation sites excluding steroid dienone is 4. The summed E-state index contributed by atoms with van der Waals surface area (Å²) in [6.45, 7) is 15.0. The van der Waals surface area contributed by atoms with Crippen LogP contribution < -0.4 is 5.32 Å². The number of ether oxygens (including phenoxy) is 1. The van der Waals surface area contributed by atoms with E-state index < -0.39 is 0 Å². The molecule has 0 saturated carbocycles. The molecule has 2 rings (SSSR count). The smallest absolute Gasteiger partial charge is 0.253 e. The largest absolute Gasteiger partial charge is 0.382 e. The van der Waals surface area contributed by atoms with Gasteiger partial charge in [0.25, 0.3) is 5.91 Å². The maximum atomic E-state index is 12.8. The summed E-state index contributed by atoms with van der Waals surface area (Å²) in [5, 5.41) is 11.5. The van der Waals surface area contributed by atoms with Crippen LogP contribution in [0.2, 0.25) is 0 Å². The van der Waals surface area contributed by atoms with Crippen molar-refractivity contribution in [3.8, 4) is 6.07 Å². The van der Waals surface area contributed by atoms with Gasteiger partial charge in [-0.2, -0.15) is 5.26 Å². The zero-order chi connectivity index (χ0) is 26.8. The Kier molecular flexibility index (Phi) is 16.5. The van der Waals surface area contributed by atoms with Gasteiger partial charge in [-0.1, -0.05) is 38.1 Å². The first-order chi connectivity index (χ1) is 16.8. The number of methoxy groups -OCH3 is 1. The number of likely N-dealkylation sites (tertiary alicyclic amines) is 1. The van der Waals surface area contributed by atoms with E-state index in [1.54, 1.807) is 13.2 Å². The van der Waals surface area contributed by atoms with Crippen LogP contribution in [-0.2, 0) is 14.3 Å². The van der Waals surface area contributed by atoms with Crippen molar-refractivity contribution in [3.05, 3.63) is 70.5 Å². The molecule has 0 radical (unpaired) electrons. The lowest BCUT2D eigenvalue weighted by atomic mass is 9.89. The molecule has 1 aliphatic heterocycles. The summed E-state index contributed by atoms with van der Waals surface area (Å²) in [4.78, 5) is 25.3. The normalized spacial score (nSPS) is 14.7. The molecule has 1 aliphatic rings. The summed E-state index contributed by atoms with van der Waals surface area (Å²) < 4.78 is 4.75. The standard InChI is InChI=1S/C23H27N3O2.C4H10O.C2H6/c1-4-20(8-5-17(2)18(3)25-16-27)23(28)26-13-11-22(12-14-26)21-9-6-19(15-24)7-10-21;1-4(2)5-3;1-2/h4-10,16,22H,11-14H2,1-3H3,(H,25,27);4H,1-3H3;1-2H3/b8-5-,18-17+,20-4+;;. The Labute approximate surface area is 212 Å². The predicted octanol–water partition coefficient (Wildman–Crippen LogP) is 5.87. The number of carbonyl (C=O) groups is 2. The topological polar surface area (TPSA) is 82.4 Å². The van der Waals surface area contributed by atoms with Crippen LogP contribution in [-0.4, -0.2) is 43.5 Å². The molecule has 35 heavy (non-hydrogen) atoms. The van der Waals surface area contributed by atoms with E-state index >= 15 is 0 Å². The first-order valence-electron chi connectivity index (χ1n) is 12.3. The third-order valence-corrected chi connectivity index (χ3v) is 5.70. The van der Waals surface area contributed by atoms with Crippen molar-refractivity contribution in [1.82, 2.24) is 10.2 Å². The average Bonchev–Trinajstić information content (AvgIpc) is 2.90. The molecule has 6 nitrogen and oxygen atoms in total. The SMILES string of the molecule is CC.COC(C)C.C\C=C(/C=C\C(C)=C(/C)NC=O)C(=O)N1CCC(c2ccc(C#N)cc2)CC1. The van der Waals surface area contributed by atoms with Gasteiger partial charge in [-0.15, -0.1) is 0 Å². The van der Waals surface area contributed by atoms with Gasteiger partial charge in [0.1, 0.15) is 0 Å². The van der Waals surface area contributed by atoms with E-state index in [0.717, 1.165) is 37.2 Å². The lowest BCUT2D eigenvalue weighted by Crippen LogP contribution is -2.38. The zero-order valence-electron chi connectivity index (χ0n) is 22.7. The Morgan fingerprint density at radius 2 is 1.69 bits per heavy atom. The number of hydrogen-bond donors (Lipinski definition) is 1. The van der Waals surface area contributed by atoms with Gasteiger partial charge in [0, 0.05) is 31.5 Å². The van der Waals surface area contributed by atoms with E-state index in [-0.39, 0.29) is 5.91 Å². The van der Waals surface area contributed by atoms with Crippen LogP contribution in [0.3, 0.4) is 0 Å². The molecule has 2 amide bonds. The lowest BCUT2D eigenvalue weighted by molar-refractivity contribution is -0.127. The third-order valence-electron chi connectivity index (χ3n) is 5.70. The summed E-state index contributed by atoms with van der Waals surface area (Å²) in [6, 6.07) is 9.89. The highest BCUT2D eigenvalue weighted by molar-refractivity contribution is 5.96. The fourth-order valence-electron chi connectivity index (χ4n) is 3.26. The summed E-state index contributed by atoms with van der Waals surface area (Å²) in [5.41, 5.74) is 4.21. The lowest BCUT2D eigenvalue weighted by Gasteiger charge is -2.32. The summed E-state index contributed by atoms with van der Waals surface area (Å²) >= 11 is 0. The number of rotatable bonds is 7. The van der Waals surface area contributed by atoms with Crippen LogP contribution in [0, 0.1) is 11.3 Å². The Morgan fingerprint density at radius 3 is 2.11 bits per heavy atom. The van der Waals surface area contributed by atoms with Gasteiger partial charge in [-0.05, 0) is 82.7 Å². The van der Waals surface area contributed by atoms with Crippen LogP contribution in [0.5, 0.6) is 0 Å². The molecule has 0 aromatic heterocycles. The van der Waals surface area contributed by atoms with Crippen LogP contribution in [0.25, 0.3) is 0 Å². The second-order valence-corrected chi connectivity index (χ2v) is 8.23. The number of piperidine rings is 1. The molecule has 1 aromatic carbocycles. The monoisotopic (exact) mass is 481 g/mol. The highest BCUT2D eigenvalue weighted by atomic mass is 16.5. The molecule has 1 heterocycles. The summed E-state index contributed by atoms with van der Waals surface area (Å²) in [7, 11) is 1.70. The number of amides is 2. The van der Waals surface area contributed by atoms with Crippen LogP contribution >= 0.6 is 0 Å². The van der Waals surface area contributed by atoms with Gasteiger partial charge >= 0.3 is 0 Å². The van der Waals surface area contributed by atoms with E-state index in [1.165, 1.54) is 5.56 Å². The molecule has 1 saturated heterocycles. The first-order valence-corrected chi connectivity index (χ1v) is 12.3. The molecule has 1 aromatic rings. The van der Waals surface area contributed by atoms with Gasteiger partial charge in [0.05, 0.1) is 17.7 Å². The number of carbonyl (C=O) groups excluding carboxylic acids is 2. The quantitative estimate of drug-likeness (QED) is 0.300. The van der Waals surface area contributed by atoms with Gasteiger partial charge in [0.2, 0.25) is 6.41 Å². The first kappa shape index (κ1) is 31.8. The van der Waals surface area contributed by atoms with E-state index in [4.69, 9.17) is 10.00 Å². The average molecular weight is 482 g/mol. The predicted molar refractivity (Wildman–Crippen MR) is 144 cm³/mol. The molecular weight excluding hydrogens is 438 g/mol. The van der Waals surface area contributed by atoms with E-state index in [0.29, 0.717) is 29.6 Å². The number of hydrogen-bond acceptors (Lipinski definition) is 4. The van der Waals surface area contributed by atoms with E-state index in [1.807, 2.05) is 89.8 Å². The van der Waals surface area contributed by atoms with Crippen LogP contribution in [0.15, 0.2) is 59.3 Å². The number of benzene rings is 1. The Hall–Kier alpha value is -3.17. The summed E-state index contributed by atoms with van der Waals surface area (Å²) in [6.07, 6.45) is 8.34. The molecule has 0 spiro atoms. The Bertz CT molecular complexity index is 898. The maximum absolute atomic E-state index is 12.8. The van der Waals surface area contributed by atoms with Crippen LogP contribution in [0.1, 0.15) is 78.4 Å². The van der Waals surface area contributed by atoms with Gasteiger partial charge in [-0.25, -0.2) is 0 Å². The van der Waals surface area contributed by atoms with Crippen molar-refractivity contribution in [3.63, 3.8) is 0 Å². The molecule has 0 aliphatic carbocycles. The van der Waals surface area contributed by atoms with Crippen molar-refractivity contribution in [2.75, 3.05) is 20.2 Å². The molecule has 0 atom stereocenters. The fourth-order valence-corrected chi connectivity index (χ4v) is 3.26. The van der Waals surface area contributed by atoms with Gasteiger partial charge < -0.3 is 15.0 Å². The van der Waals surface area contributed by atoms with Crippen molar-refractivity contribution < 1.29 is 14.3 Å². The molecule has 0 bridgehead atoms. The second kappa shape index (κ2) is 18.2. The number of nitriles is 1. The zero-order valence-corrected chi connectivity index (χ0v) is 22.7. The molecular formula is C29H43N3O3. The minimum absolute atomic E-state index is 0.0332. The molecule has 192 valence electrons. The molecule has 6 heteroatoms. The Morgan fingerprint density at radius 1 is 1.14 bits per heavy atom. The minimum Gasteiger partial charge on any atom is -0.382 e. The van der Waals surface area contributed by atoms with Crippen molar-refractivity contribution in [1.29, 1.82) is 5.26 Å². The number of nitrogens with zero attached hydrogens (tertiary/aromatic N) is 2. The Balaban J connectivity index is 0.00000146. The highest BCUT2D eigenvalue weighted by Gasteiger charge is 2.24. The van der Waals surface area contributed by atoms with E-state index in [2.05, 4.69) is 11.4 Å². The van der Waals surface area contributed by atoms with Crippen molar-refractivity contribution in [2.24, 2.45) is 0 Å². The minimum atomic E-state index is 0.0332. The summed E-state index contributed by atoms with van der Waals surface area (Å²) in [5.74, 6) is 0.453. The van der Waals surface area contributed by atoms with Gasteiger partial charge in [0.15, 0.2) is 0 Å². The third kappa shape index (κ3) is 11.7. The molecule has 0 unspecified atom stereocenters.